The molecule has 1 N–H and O–H groups in total. The maximum Gasteiger partial charge on any atom is 0.0210 e. The molecule has 2 aliphatic carbocycles. The maximum atomic E-state index is 3.72. The van der Waals surface area contributed by atoms with Crippen molar-refractivity contribution in [2.45, 2.75) is 50.5 Å². The van der Waals surface area contributed by atoms with E-state index in [-0.39, 0.29) is 0 Å². The van der Waals surface area contributed by atoms with Crippen LogP contribution >= 0.6 is 15.9 Å². The van der Waals surface area contributed by atoms with Gasteiger partial charge in [-0.15, -0.1) is 0 Å². The minimum atomic E-state index is 0.766. The fourth-order valence-electron chi connectivity index (χ4n) is 3.12. The average Bonchev–Trinajstić information content (AvgIpc) is 2.26. The van der Waals surface area contributed by atoms with Gasteiger partial charge in [0.15, 0.2) is 0 Å². The molecule has 18 heavy (non-hydrogen) atoms. The first-order chi connectivity index (χ1) is 8.83. The van der Waals surface area contributed by atoms with E-state index in [2.05, 4.69) is 45.5 Å². The summed E-state index contributed by atoms with van der Waals surface area (Å²) in [5.74, 6) is 1.80. The van der Waals surface area contributed by atoms with Crippen LogP contribution in [0, 0.1) is 5.92 Å². The molecule has 0 bridgehead atoms. The van der Waals surface area contributed by atoms with E-state index >= 15 is 0 Å². The SMILES string of the molecule is Brc1ccccc1C1CC(NCCC2CCC2)C1. The van der Waals surface area contributed by atoms with Gasteiger partial charge in [0.1, 0.15) is 0 Å². The molecule has 1 aromatic rings. The van der Waals surface area contributed by atoms with Crippen molar-refractivity contribution in [3.05, 3.63) is 34.3 Å². The quantitative estimate of drug-likeness (QED) is 0.846. The Balaban J connectivity index is 1.39. The molecule has 1 nitrogen and oxygen atoms in total. The van der Waals surface area contributed by atoms with E-state index in [0.717, 1.165) is 17.9 Å². The summed E-state index contributed by atoms with van der Waals surface area (Å²) in [6.45, 7) is 1.23. The van der Waals surface area contributed by atoms with E-state index < -0.39 is 0 Å². The Morgan fingerprint density at radius 3 is 2.61 bits per heavy atom. The minimum Gasteiger partial charge on any atom is -0.314 e. The first kappa shape index (κ1) is 12.7. The average molecular weight is 308 g/mol. The summed E-state index contributed by atoms with van der Waals surface area (Å²) in [6.07, 6.45) is 8.45. The molecule has 0 radical (unpaired) electrons. The van der Waals surface area contributed by atoms with E-state index in [1.165, 1.54) is 55.1 Å². The van der Waals surface area contributed by atoms with Gasteiger partial charge in [0.05, 0.1) is 0 Å². The van der Waals surface area contributed by atoms with Crippen molar-refractivity contribution in [2.75, 3.05) is 6.54 Å². The van der Waals surface area contributed by atoms with Crippen LogP contribution in [0.4, 0.5) is 0 Å². The molecule has 0 aromatic heterocycles. The van der Waals surface area contributed by atoms with Gasteiger partial charge in [-0.3, -0.25) is 0 Å². The third-order valence-electron chi connectivity index (χ3n) is 4.69. The van der Waals surface area contributed by atoms with Crippen LogP contribution in [0.15, 0.2) is 28.7 Å². The van der Waals surface area contributed by atoms with Crippen molar-refractivity contribution < 1.29 is 0 Å². The van der Waals surface area contributed by atoms with Gasteiger partial charge in [-0.2, -0.15) is 0 Å². The van der Waals surface area contributed by atoms with E-state index in [1.807, 2.05) is 0 Å². The molecule has 2 saturated carbocycles. The molecule has 1 aromatic carbocycles. The first-order valence-corrected chi connectivity index (χ1v) is 8.10. The van der Waals surface area contributed by atoms with E-state index in [1.54, 1.807) is 0 Å². The van der Waals surface area contributed by atoms with Gasteiger partial charge in [-0.25, -0.2) is 0 Å². The molecular formula is C16H22BrN. The van der Waals surface area contributed by atoms with Crippen molar-refractivity contribution >= 4 is 15.9 Å². The Hall–Kier alpha value is -0.340. The molecule has 2 aliphatic rings. The molecule has 0 saturated heterocycles. The van der Waals surface area contributed by atoms with Crippen molar-refractivity contribution in [2.24, 2.45) is 5.92 Å². The molecule has 0 atom stereocenters. The molecule has 2 fully saturated rings. The second kappa shape index (κ2) is 5.75. The van der Waals surface area contributed by atoms with E-state index in [9.17, 15) is 0 Å². The summed E-state index contributed by atoms with van der Waals surface area (Å²) in [4.78, 5) is 0. The lowest BCUT2D eigenvalue weighted by atomic mass is 9.75. The number of rotatable bonds is 5. The largest absolute Gasteiger partial charge is 0.314 e. The van der Waals surface area contributed by atoms with Gasteiger partial charge < -0.3 is 5.32 Å². The van der Waals surface area contributed by atoms with E-state index in [4.69, 9.17) is 0 Å². The summed E-state index contributed by atoms with van der Waals surface area (Å²) in [7, 11) is 0. The highest BCUT2D eigenvalue weighted by Crippen LogP contribution is 2.40. The Morgan fingerprint density at radius 2 is 1.94 bits per heavy atom. The second-order valence-electron chi connectivity index (χ2n) is 5.93. The monoisotopic (exact) mass is 307 g/mol. The predicted molar refractivity (Wildman–Crippen MR) is 79.9 cm³/mol. The van der Waals surface area contributed by atoms with Gasteiger partial charge in [0.25, 0.3) is 0 Å². The zero-order chi connectivity index (χ0) is 12.4. The van der Waals surface area contributed by atoms with Crippen LogP contribution < -0.4 is 5.32 Å². The van der Waals surface area contributed by atoms with Crippen molar-refractivity contribution in [3.63, 3.8) is 0 Å². The summed E-state index contributed by atoms with van der Waals surface area (Å²) in [6, 6.07) is 9.44. The molecule has 0 spiro atoms. The summed E-state index contributed by atoms with van der Waals surface area (Å²) in [5, 5.41) is 3.72. The van der Waals surface area contributed by atoms with Crippen LogP contribution in [0.5, 0.6) is 0 Å². The third kappa shape index (κ3) is 2.80. The van der Waals surface area contributed by atoms with Crippen LogP contribution in [0.1, 0.15) is 50.0 Å². The van der Waals surface area contributed by atoms with Crippen molar-refractivity contribution in [1.82, 2.24) is 5.32 Å². The third-order valence-corrected chi connectivity index (χ3v) is 5.42. The van der Waals surface area contributed by atoms with Crippen LogP contribution in [0.2, 0.25) is 0 Å². The Morgan fingerprint density at radius 1 is 1.17 bits per heavy atom. The second-order valence-corrected chi connectivity index (χ2v) is 6.78. The normalized spacial score (nSPS) is 27.6. The highest BCUT2D eigenvalue weighted by atomic mass is 79.9. The lowest BCUT2D eigenvalue weighted by molar-refractivity contribution is 0.253. The molecule has 2 heteroatoms. The Labute approximate surface area is 118 Å². The van der Waals surface area contributed by atoms with Gasteiger partial charge in [-0.05, 0) is 49.3 Å². The zero-order valence-electron chi connectivity index (χ0n) is 10.9. The van der Waals surface area contributed by atoms with Crippen LogP contribution in [0.3, 0.4) is 0 Å². The summed E-state index contributed by atoms with van der Waals surface area (Å²) >= 11 is 3.66. The van der Waals surface area contributed by atoms with Crippen molar-refractivity contribution in [3.8, 4) is 0 Å². The fourth-order valence-corrected chi connectivity index (χ4v) is 3.73. The smallest absolute Gasteiger partial charge is 0.0210 e. The van der Waals surface area contributed by atoms with Gasteiger partial charge in [0, 0.05) is 10.5 Å². The Bertz CT molecular complexity index is 394. The van der Waals surface area contributed by atoms with Crippen molar-refractivity contribution in [1.29, 1.82) is 0 Å². The number of benzene rings is 1. The highest BCUT2D eigenvalue weighted by molar-refractivity contribution is 9.10. The number of hydrogen-bond acceptors (Lipinski definition) is 1. The van der Waals surface area contributed by atoms with Gasteiger partial charge >= 0.3 is 0 Å². The summed E-state index contributed by atoms with van der Waals surface area (Å²) < 4.78 is 1.28. The highest BCUT2D eigenvalue weighted by Gasteiger charge is 2.31. The number of halogens is 1. The maximum absolute atomic E-state index is 3.72. The first-order valence-electron chi connectivity index (χ1n) is 7.30. The predicted octanol–water partition coefficient (Wildman–Crippen LogP) is 4.47. The molecule has 0 heterocycles. The molecule has 0 aliphatic heterocycles. The fraction of sp³-hybridized carbons (Fsp3) is 0.625. The molecule has 3 rings (SSSR count). The summed E-state index contributed by atoms with van der Waals surface area (Å²) in [5.41, 5.74) is 1.49. The topological polar surface area (TPSA) is 12.0 Å². The molecule has 0 amide bonds. The Kier molecular flexibility index (Phi) is 4.05. The van der Waals surface area contributed by atoms with Crippen LogP contribution in [-0.4, -0.2) is 12.6 Å². The lowest BCUT2D eigenvalue weighted by Crippen LogP contribution is -2.41. The molecular weight excluding hydrogens is 286 g/mol. The number of nitrogens with one attached hydrogen (secondary N) is 1. The van der Waals surface area contributed by atoms with Crippen LogP contribution in [0.25, 0.3) is 0 Å². The zero-order valence-corrected chi connectivity index (χ0v) is 12.5. The van der Waals surface area contributed by atoms with E-state index in [0.29, 0.717) is 0 Å². The molecule has 0 unspecified atom stereocenters. The lowest BCUT2D eigenvalue weighted by Gasteiger charge is -2.37. The van der Waals surface area contributed by atoms with Gasteiger partial charge in [0.2, 0.25) is 0 Å². The standard InChI is InChI=1S/C16H22BrN/c17-16-7-2-1-6-15(16)13-10-14(11-13)18-9-8-12-4-3-5-12/h1-2,6-7,12-14,18H,3-5,8-11H2. The minimum absolute atomic E-state index is 0.766. The molecule has 98 valence electrons. The van der Waals surface area contributed by atoms with Crippen LogP contribution in [-0.2, 0) is 0 Å². The van der Waals surface area contributed by atoms with Gasteiger partial charge in [-0.1, -0.05) is 53.4 Å². The number of hydrogen-bond donors (Lipinski definition) is 1.